The number of esters is 1. The van der Waals surface area contributed by atoms with Crippen LogP contribution in [0.1, 0.15) is 40.4 Å². The average molecular weight is 284 g/mol. The summed E-state index contributed by atoms with van der Waals surface area (Å²) in [5.41, 5.74) is 2.96. The van der Waals surface area contributed by atoms with Crippen molar-refractivity contribution in [2.75, 3.05) is 0 Å². The first-order valence-corrected chi connectivity index (χ1v) is 7.27. The lowest BCUT2D eigenvalue weighted by Crippen LogP contribution is -2.17. The maximum Gasteiger partial charge on any atom is 0.339 e. The zero-order valence-electron chi connectivity index (χ0n) is 11.1. The summed E-state index contributed by atoms with van der Waals surface area (Å²) in [6.45, 7) is 0. The molecule has 2 aromatic carbocycles. The van der Waals surface area contributed by atoms with E-state index in [9.17, 15) is 4.79 Å². The van der Waals surface area contributed by atoms with Gasteiger partial charge in [0.05, 0.1) is 5.56 Å². The van der Waals surface area contributed by atoms with Crippen molar-refractivity contribution in [1.82, 2.24) is 0 Å². The molecule has 0 bridgehead atoms. The second kappa shape index (κ2) is 5.71. The Morgan fingerprint density at radius 1 is 1.10 bits per heavy atom. The minimum absolute atomic E-state index is 0.139. The number of carbonyl (C=O) groups is 1. The van der Waals surface area contributed by atoms with Gasteiger partial charge in [0.15, 0.2) is 0 Å². The topological polar surface area (TPSA) is 26.3 Å². The fourth-order valence-electron chi connectivity index (χ4n) is 2.67. The van der Waals surface area contributed by atoms with Crippen molar-refractivity contribution < 1.29 is 9.53 Å². The largest absolute Gasteiger partial charge is 0.454 e. The highest BCUT2D eigenvalue weighted by Gasteiger charge is 2.24. The molecule has 0 N–H and O–H groups in total. The molecule has 0 aromatic heterocycles. The van der Waals surface area contributed by atoms with Gasteiger partial charge in [-0.1, -0.05) is 36.4 Å². The predicted octanol–water partition coefficient (Wildman–Crippen LogP) is 4.21. The van der Waals surface area contributed by atoms with Crippen LogP contribution < -0.4 is 0 Å². The fourth-order valence-corrected chi connectivity index (χ4v) is 2.92. The van der Waals surface area contributed by atoms with E-state index in [1.807, 2.05) is 24.3 Å². The van der Waals surface area contributed by atoms with Gasteiger partial charge in [-0.3, -0.25) is 0 Å². The molecular formula is C17H16O2S. The Hall–Kier alpha value is -1.74. The number of aryl methyl sites for hydroxylation is 1. The zero-order chi connectivity index (χ0) is 13.9. The van der Waals surface area contributed by atoms with Crippen LogP contribution in [-0.4, -0.2) is 5.97 Å². The van der Waals surface area contributed by atoms with Gasteiger partial charge in [0.2, 0.25) is 0 Å². The molecule has 1 aliphatic rings. The predicted molar refractivity (Wildman–Crippen MR) is 81.2 cm³/mol. The van der Waals surface area contributed by atoms with E-state index < -0.39 is 0 Å². The summed E-state index contributed by atoms with van der Waals surface area (Å²) in [6, 6.07) is 15.4. The zero-order valence-corrected chi connectivity index (χ0v) is 12.0. The molecule has 1 unspecified atom stereocenters. The van der Waals surface area contributed by atoms with E-state index in [-0.39, 0.29) is 12.1 Å². The van der Waals surface area contributed by atoms with E-state index in [0.717, 1.165) is 24.8 Å². The van der Waals surface area contributed by atoms with Crippen molar-refractivity contribution in [2.45, 2.75) is 30.3 Å². The quantitative estimate of drug-likeness (QED) is 0.660. The molecule has 3 heteroatoms. The lowest BCUT2D eigenvalue weighted by Gasteiger charge is -2.25. The number of hydrogen-bond donors (Lipinski definition) is 1. The number of thiol groups is 1. The van der Waals surface area contributed by atoms with Crippen molar-refractivity contribution in [3.63, 3.8) is 0 Å². The number of benzene rings is 2. The Labute approximate surface area is 124 Å². The molecular weight excluding hydrogens is 268 g/mol. The highest BCUT2D eigenvalue weighted by Crippen LogP contribution is 2.33. The number of ether oxygens (including phenoxy) is 1. The summed E-state index contributed by atoms with van der Waals surface area (Å²) < 4.78 is 5.70. The van der Waals surface area contributed by atoms with E-state index >= 15 is 0 Å². The first-order valence-electron chi connectivity index (χ1n) is 6.82. The first-order chi connectivity index (χ1) is 9.75. The Bertz CT molecular complexity index is 636. The molecule has 0 saturated heterocycles. The SMILES string of the molecule is O=C(OC1CCCc2ccccc21)c1ccccc1S. The van der Waals surface area contributed by atoms with Crippen LogP contribution in [0.4, 0.5) is 0 Å². The maximum atomic E-state index is 12.3. The monoisotopic (exact) mass is 284 g/mol. The second-order valence-corrected chi connectivity index (χ2v) is 5.48. The average Bonchev–Trinajstić information content (AvgIpc) is 2.48. The van der Waals surface area contributed by atoms with Crippen LogP contribution in [0.2, 0.25) is 0 Å². The molecule has 2 aromatic rings. The normalized spacial score (nSPS) is 17.4. The highest BCUT2D eigenvalue weighted by molar-refractivity contribution is 7.80. The van der Waals surface area contributed by atoms with Crippen molar-refractivity contribution in [1.29, 1.82) is 0 Å². The van der Waals surface area contributed by atoms with E-state index in [0.29, 0.717) is 10.5 Å². The van der Waals surface area contributed by atoms with Gasteiger partial charge in [0.1, 0.15) is 6.10 Å². The van der Waals surface area contributed by atoms with Crippen LogP contribution in [0, 0.1) is 0 Å². The Kier molecular flexibility index (Phi) is 3.79. The first kappa shape index (κ1) is 13.3. The summed E-state index contributed by atoms with van der Waals surface area (Å²) in [5, 5.41) is 0. The van der Waals surface area contributed by atoms with Gasteiger partial charge in [-0.2, -0.15) is 0 Å². The summed E-state index contributed by atoms with van der Waals surface area (Å²) in [5.74, 6) is -0.294. The molecule has 0 radical (unpaired) electrons. The molecule has 3 rings (SSSR count). The van der Waals surface area contributed by atoms with Gasteiger partial charge in [0.25, 0.3) is 0 Å². The van der Waals surface area contributed by atoms with Gasteiger partial charge in [-0.15, -0.1) is 12.6 Å². The standard InChI is InChI=1S/C17H16O2S/c18-17(14-9-3-4-11-16(14)20)19-15-10-5-7-12-6-1-2-8-13(12)15/h1-4,6,8-9,11,15,20H,5,7,10H2. The summed E-state index contributed by atoms with van der Waals surface area (Å²) >= 11 is 4.31. The molecule has 1 aliphatic carbocycles. The van der Waals surface area contributed by atoms with Gasteiger partial charge in [0, 0.05) is 4.90 Å². The Balaban J connectivity index is 1.83. The van der Waals surface area contributed by atoms with Crippen LogP contribution in [0.15, 0.2) is 53.4 Å². The van der Waals surface area contributed by atoms with Gasteiger partial charge < -0.3 is 4.74 Å². The van der Waals surface area contributed by atoms with Gasteiger partial charge >= 0.3 is 5.97 Å². The van der Waals surface area contributed by atoms with Crippen LogP contribution in [0.5, 0.6) is 0 Å². The van der Waals surface area contributed by atoms with E-state index in [1.165, 1.54) is 5.56 Å². The van der Waals surface area contributed by atoms with E-state index in [1.54, 1.807) is 12.1 Å². The van der Waals surface area contributed by atoms with Crippen LogP contribution in [-0.2, 0) is 11.2 Å². The third kappa shape index (κ3) is 2.59. The summed E-state index contributed by atoms with van der Waals surface area (Å²) in [7, 11) is 0. The molecule has 102 valence electrons. The minimum Gasteiger partial charge on any atom is -0.454 e. The highest BCUT2D eigenvalue weighted by atomic mass is 32.1. The molecule has 0 heterocycles. The van der Waals surface area contributed by atoms with Crippen LogP contribution >= 0.6 is 12.6 Å². The molecule has 20 heavy (non-hydrogen) atoms. The molecule has 0 fully saturated rings. The van der Waals surface area contributed by atoms with Gasteiger partial charge in [-0.05, 0) is 42.5 Å². The lowest BCUT2D eigenvalue weighted by molar-refractivity contribution is 0.0252. The number of carbonyl (C=O) groups excluding carboxylic acids is 1. The van der Waals surface area contributed by atoms with Gasteiger partial charge in [-0.25, -0.2) is 4.79 Å². The molecule has 0 spiro atoms. The number of rotatable bonds is 2. The summed E-state index contributed by atoms with van der Waals surface area (Å²) in [6.07, 6.45) is 2.86. The minimum atomic E-state index is -0.294. The summed E-state index contributed by atoms with van der Waals surface area (Å²) in [4.78, 5) is 12.9. The maximum absolute atomic E-state index is 12.3. The van der Waals surface area contributed by atoms with Crippen molar-refractivity contribution in [3.8, 4) is 0 Å². The van der Waals surface area contributed by atoms with Crippen LogP contribution in [0.25, 0.3) is 0 Å². The third-order valence-electron chi connectivity index (χ3n) is 3.69. The van der Waals surface area contributed by atoms with Crippen molar-refractivity contribution in [2.24, 2.45) is 0 Å². The molecule has 0 amide bonds. The number of hydrogen-bond acceptors (Lipinski definition) is 3. The molecule has 2 nitrogen and oxygen atoms in total. The van der Waals surface area contributed by atoms with Crippen LogP contribution in [0.3, 0.4) is 0 Å². The smallest absolute Gasteiger partial charge is 0.339 e. The third-order valence-corrected chi connectivity index (χ3v) is 4.08. The molecule has 0 aliphatic heterocycles. The number of fused-ring (bicyclic) bond motifs is 1. The van der Waals surface area contributed by atoms with Crippen molar-refractivity contribution in [3.05, 3.63) is 65.2 Å². The fraction of sp³-hybridized carbons (Fsp3) is 0.235. The Morgan fingerprint density at radius 2 is 1.85 bits per heavy atom. The molecule has 1 atom stereocenters. The van der Waals surface area contributed by atoms with Crippen molar-refractivity contribution >= 4 is 18.6 Å². The van der Waals surface area contributed by atoms with E-state index in [2.05, 4.69) is 24.8 Å². The molecule has 0 saturated carbocycles. The lowest BCUT2D eigenvalue weighted by atomic mass is 9.89. The Morgan fingerprint density at radius 3 is 2.70 bits per heavy atom. The van der Waals surface area contributed by atoms with E-state index in [4.69, 9.17) is 4.74 Å². The second-order valence-electron chi connectivity index (χ2n) is 5.00.